The number of ether oxygens (including phenoxy) is 2. The summed E-state index contributed by atoms with van der Waals surface area (Å²) in [7, 11) is 1.33. The zero-order chi connectivity index (χ0) is 13.6. The van der Waals surface area contributed by atoms with Gasteiger partial charge in [-0.15, -0.1) is 0 Å². The summed E-state index contributed by atoms with van der Waals surface area (Å²) < 4.78 is 9.71. The summed E-state index contributed by atoms with van der Waals surface area (Å²) in [5.74, 6) is -0.221. The van der Waals surface area contributed by atoms with Crippen molar-refractivity contribution in [2.24, 2.45) is 5.92 Å². The van der Waals surface area contributed by atoms with E-state index in [0.717, 1.165) is 0 Å². The minimum absolute atomic E-state index is 0.126. The van der Waals surface area contributed by atoms with Crippen molar-refractivity contribution in [1.82, 2.24) is 5.32 Å². The van der Waals surface area contributed by atoms with Crippen LogP contribution < -0.4 is 5.32 Å². The third-order valence-corrected chi connectivity index (χ3v) is 2.12. The van der Waals surface area contributed by atoms with Crippen LogP contribution in [0.4, 0.5) is 4.79 Å². The van der Waals surface area contributed by atoms with E-state index in [2.05, 4.69) is 10.1 Å². The summed E-state index contributed by atoms with van der Waals surface area (Å²) in [5.41, 5.74) is -0.545. The quantitative estimate of drug-likeness (QED) is 0.770. The van der Waals surface area contributed by atoms with E-state index < -0.39 is 11.7 Å². The fourth-order valence-electron chi connectivity index (χ4n) is 1.18. The molecule has 0 saturated heterocycles. The van der Waals surface area contributed by atoms with Crippen molar-refractivity contribution in [1.29, 1.82) is 0 Å². The van der Waals surface area contributed by atoms with E-state index in [0.29, 0.717) is 0 Å². The van der Waals surface area contributed by atoms with E-state index >= 15 is 0 Å². The van der Waals surface area contributed by atoms with Crippen molar-refractivity contribution >= 4 is 12.1 Å². The van der Waals surface area contributed by atoms with E-state index in [4.69, 9.17) is 4.74 Å². The molecule has 1 amide bonds. The highest BCUT2D eigenvalue weighted by Crippen LogP contribution is 2.10. The molecule has 0 saturated carbocycles. The molecule has 5 nitrogen and oxygen atoms in total. The van der Waals surface area contributed by atoms with Gasteiger partial charge in [0.05, 0.1) is 13.5 Å². The molecule has 0 aromatic carbocycles. The predicted molar refractivity (Wildman–Crippen MR) is 64.6 cm³/mol. The largest absolute Gasteiger partial charge is 0.469 e. The molecule has 0 aliphatic carbocycles. The number of alkyl carbamates (subject to hydrolysis) is 1. The van der Waals surface area contributed by atoms with E-state index in [9.17, 15) is 9.59 Å². The van der Waals surface area contributed by atoms with Crippen molar-refractivity contribution < 1.29 is 19.1 Å². The topological polar surface area (TPSA) is 64.6 Å². The van der Waals surface area contributed by atoms with Crippen molar-refractivity contribution in [3.63, 3.8) is 0 Å². The Morgan fingerprint density at radius 3 is 2.12 bits per heavy atom. The van der Waals surface area contributed by atoms with Gasteiger partial charge in [-0.05, 0) is 26.7 Å². The van der Waals surface area contributed by atoms with Gasteiger partial charge < -0.3 is 14.8 Å². The van der Waals surface area contributed by atoms with Crippen LogP contribution in [0.5, 0.6) is 0 Å². The molecular weight excluding hydrogens is 222 g/mol. The maximum Gasteiger partial charge on any atom is 0.407 e. The van der Waals surface area contributed by atoms with Gasteiger partial charge in [-0.1, -0.05) is 13.8 Å². The van der Waals surface area contributed by atoms with Crippen LogP contribution in [0.15, 0.2) is 0 Å². The first-order valence-corrected chi connectivity index (χ1v) is 5.72. The Hall–Kier alpha value is -1.26. The zero-order valence-electron chi connectivity index (χ0n) is 11.5. The normalized spacial score (nSPS) is 13.1. The van der Waals surface area contributed by atoms with Gasteiger partial charge in [0.15, 0.2) is 0 Å². The Kier molecular flexibility index (Phi) is 5.99. The van der Waals surface area contributed by atoms with Crippen LogP contribution in [-0.4, -0.2) is 30.8 Å². The van der Waals surface area contributed by atoms with Crippen molar-refractivity contribution in [2.45, 2.75) is 52.7 Å². The first-order chi connectivity index (χ1) is 7.65. The Bertz CT molecular complexity index is 268. The van der Waals surface area contributed by atoms with Crippen LogP contribution >= 0.6 is 0 Å². The molecule has 0 heterocycles. The molecule has 0 aromatic heterocycles. The van der Waals surface area contributed by atoms with Crippen LogP contribution in [0.2, 0.25) is 0 Å². The molecule has 1 N–H and O–H groups in total. The highest BCUT2D eigenvalue weighted by atomic mass is 16.6. The van der Waals surface area contributed by atoms with Crippen LogP contribution in [-0.2, 0) is 14.3 Å². The molecular formula is C12H23NO4. The fourth-order valence-corrected chi connectivity index (χ4v) is 1.18. The maximum atomic E-state index is 11.6. The standard InChI is InChI=1S/C12H23NO4/c1-8(2)9(7-10(14)16-6)13-11(15)17-12(3,4)5/h8-9H,7H2,1-6H3,(H,13,15). The molecule has 0 spiro atoms. The molecule has 0 aromatic rings. The zero-order valence-corrected chi connectivity index (χ0v) is 11.5. The second-order valence-electron chi connectivity index (χ2n) is 5.28. The predicted octanol–water partition coefficient (Wildman–Crippen LogP) is 2.10. The average Bonchev–Trinajstić information content (AvgIpc) is 2.13. The Morgan fingerprint density at radius 2 is 1.76 bits per heavy atom. The minimum atomic E-state index is -0.545. The highest BCUT2D eigenvalue weighted by molar-refractivity contribution is 5.72. The molecule has 0 aliphatic rings. The second kappa shape index (κ2) is 6.47. The SMILES string of the molecule is COC(=O)CC(NC(=O)OC(C)(C)C)C(C)C. The van der Waals surface area contributed by atoms with Gasteiger partial charge in [0.2, 0.25) is 0 Å². The van der Waals surface area contributed by atoms with Gasteiger partial charge in [0.1, 0.15) is 5.60 Å². The molecule has 0 radical (unpaired) electrons. The molecule has 100 valence electrons. The van der Waals surface area contributed by atoms with Crippen LogP contribution in [0.3, 0.4) is 0 Å². The van der Waals surface area contributed by atoms with E-state index in [-0.39, 0.29) is 24.3 Å². The number of esters is 1. The van der Waals surface area contributed by atoms with Gasteiger partial charge in [-0.25, -0.2) is 4.79 Å². The Morgan fingerprint density at radius 1 is 1.24 bits per heavy atom. The highest BCUT2D eigenvalue weighted by Gasteiger charge is 2.23. The van der Waals surface area contributed by atoms with Crippen LogP contribution in [0, 0.1) is 5.92 Å². The van der Waals surface area contributed by atoms with Crippen molar-refractivity contribution in [2.75, 3.05) is 7.11 Å². The number of methoxy groups -OCH3 is 1. The molecule has 0 bridgehead atoms. The number of nitrogens with one attached hydrogen (secondary N) is 1. The summed E-state index contributed by atoms with van der Waals surface area (Å²) in [6.45, 7) is 9.21. The summed E-state index contributed by atoms with van der Waals surface area (Å²) in [6.07, 6.45) is -0.368. The Labute approximate surface area is 103 Å². The summed E-state index contributed by atoms with van der Waals surface area (Å²) in [5, 5.41) is 2.68. The number of hydrogen-bond acceptors (Lipinski definition) is 4. The van der Waals surface area contributed by atoms with Gasteiger partial charge >= 0.3 is 12.1 Å². The molecule has 0 fully saturated rings. The first-order valence-electron chi connectivity index (χ1n) is 5.72. The number of hydrogen-bond donors (Lipinski definition) is 1. The van der Waals surface area contributed by atoms with Crippen LogP contribution in [0.1, 0.15) is 41.0 Å². The van der Waals surface area contributed by atoms with Gasteiger partial charge in [0.25, 0.3) is 0 Å². The lowest BCUT2D eigenvalue weighted by molar-refractivity contribution is -0.141. The third-order valence-electron chi connectivity index (χ3n) is 2.12. The van der Waals surface area contributed by atoms with Gasteiger partial charge in [0, 0.05) is 6.04 Å². The lowest BCUT2D eigenvalue weighted by Crippen LogP contribution is -2.43. The summed E-state index contributed by atoms with van der Waals surface area (Å²) in [4.78, 5) is 22.7. The van der Waals surface area contributed by atoms with E-state index in [1.165, 1.54) is 7.11 Å². The van der Waals surface area contributed by atoms with Crippen molar-refractivity contribution in [3.8, 4) is 0 Å². The summed E-state index contributed by atoms with van der Waals surface area (Å²) >= 11 is 0. The van der Waals surface area contributed by atoms with Gasteiger partial charge in [-0.3, -0.25) is 4.79 Å². The monoisotopic (exact) mass is 245 g/mol. The molecule has 5 heteroatoms. The summed E-state index contributed by atoms with van der Waals surface area (Å²) in [6, 6.07) is -0.280. The molecule has 1 unspecified atom stereocenters. The smallest absolute Gasteiger partial charge is 0.407 e. The van der Waals surface area contributed by atoms with Gasteiger partial charge in [-0.2, -0.15) is 0 Å². The number of rotatable bonds is 4. The molecule has 17 heavy (non-hydrogen) atoms. The van der Waals surface area contributed by atoms with E-state index in [1.54, 1.807) is 20.8 Å². The molecule has 0 rings (SSSR count). The third kappa shape index (κ3) is 7.60. The first kappa shape index (κ1) is 15.7. The minimum Gasteiger partial charge on any atom is -0.469 e. The Balaban J connectivity index is 4.35. The maximum absolute atomic E-state index is 11.6. The average molecular weight is 245 g/mol. The van der Waals surface area contributed by atoms with Crippen LogP contribution in [0.25, 0.3) is 0 Å². The molecule has 1 atom stereocenters. The number of carbonyl (C=O) groups excluding carboxylic acids is 2. The lowest BCUT2D eigenvalue weighted by Gasteiger charge is -2.25. The second-order valence-corrected chi connectivity index (χ2v) is 5.28. The van der Waals surface area contributed by atoms with Crippen molar-refractivity contribution in [3.05, 3.63) is 0 Å². The van der Waals surface area contributed by atoms with E-state index in [1.807, 2.05) is 13.8 Å². The number of carbonyl (C=O) groups is 2. The molecule has 0 aliphatic heterocycles. The number of amides is 1. The lowest BCUT2D eigenvalue weighted by atomic mass is 10.0. The fraction of sp³-hybridized carbons (Fsp3) is 0.833.